The summed E-state index contributed by atoms with van der Waals surface area (Å²) in [5.74, 6) is 0.888. The average molecular weight is 464 g/mol. The summed E-state index contributed by atoms with van der Waals surface area (Å²) in [7, 11) is 0. The molecule has 0 saturated heterocycles. The molecule has 4 rings (SSSR count). The lowest BCUT2D eigenvalue weighted by Crippen LogP contribution is -2.14. The normalized spacial score (nSPS) is 10.4. The summed E-state index contributed by atoms with van der Waals surface area (Å²) in [5.41, 5.74) is 1.65. The summed E-state index contributed by atoms with van der Waals surface area (Å²) in [5, 5.41) is 20.7. The first-order valence-electron chi connectivity index (χ1n) is 9.26. The van der Waals surface area contributed by atoms with Crippen LogP contribution in [0.3, 0.4) is 0 Å². The topological polar surface area (TPSA) is 114 Å². The lowest BCUT2D eigenvalue weighted by Gasteiger charge is -2.07. The third-order valence-corrected chi connectivity index (χ3v) is 5.14. The second-order valence-electron chi connectivity index (χ2n) is 6.31. The van der Waals surface area contributed by atoms with Gasteiger partial charge in [-0.15, -0.1) is 10.2 Å². The van der Waals surface area contributed by atoms with Crippen molar-refractivity contribution < 1.29 is 13.9 Å². The third-order valence-electron chi connectivity index (χ3n) is 4.07. The van der Waals surface area contributed by atoms with E-state index in [9.17, 15) is 4.79 Å². The smallest absolute Gasteiger partial charge is 0.277 e. The van der Waals surface area contributed by atoms with Crippen LogP contribution in [0.4, 0.5) is 5.69 Å². The maximum atomic E-state index is 12.2. The zero-order valence-corrected chi connectivity index (χ0v) is 17.9. The average Bonchev–Trinajstić information content (AvgIpc) is 3.29. The molecule has 1 N–H and O–H groups in total. The number of carbonyl (C=O) groups is 1. The Bertz CT molecular complexity index is 1270. The van der Waals surface area contributed by atoms with E-state index in [4.69, 9.17) is 26.0 Å². The zero-order chi connectivity index (χ0) is 22.3. The number of nitriles is 1. The lowest BCUT2D eigenvalue weighted by atomic mass is 10.2. The van der Waals surface area contributed by atoms with Gasteiger partial charge in [-0.25, -0.2) is 4.98 Å². The van der Waals surface area contributed by atoms with Crippen molar-refractivity contribution in [2.45, 2.75) is 5.22 Å². The number of halogens is 1. The molecule has 0 fully saturated rings. The summed E-state index contributed by atoms with van der Waals surface area (Å²) < 4.78 is 11.2. The molecule has 0 aliphatic rings. The Balaban J connectivity index is 1.30. The van der Waals surface area contributed by atoms with Crippen molar-refractivity contribution >= 4 is 35.0 Å². The maximum absolute atomic E-state index is 12.2. The van der Waals surface area contributed by atoms with Crippen LogP contribution in [0.25, 0.3) is 11.5 Å². The number of benzene rings is 2. The highest BCUT2D eigenvalue weighted by Gasteiger charge is 2.12. The number of thioether (sulfide) groups is 1. The summed E-state index contributed by atoms with van der Waals surface area (Å²) in [6.45, 7) is 0. The molecule has 0 bridgehead atoms. The van der Waals surface area contributed by atoms with Crippen LogP contribution in [0.1, 0.15) is 5.56 Å². The number of nitrogens with one attached hydrogen (secondary N) is 1. The van der Waals surface area contributed by atoms with Crippen molar-refractivity contribution in [1.29, 1.82) is 5.26 Å². The van der Waals surface area contributed by atoms with Crippen LogP contribution >= 0.6 is 23.4 Å². The molecule has 0 spiro atoms. The van der Waals surface area contributed by atoms with E-state index in [0.717, 1.165) is 17.3 Å². The van der Waals surface area contributed by atoms with E-state index in [1.165, 1.54) is 6.20 Å². The van der Waals surface area contributed by atoms with Gasteiger partial charge in [0, 0.05) is 16.7 Å². The van der Waals surface area contributed by atoms with Crippen LogP contribution in [-0.2, 0) is 4.79 Å². The van der Waals surface area contributed by atoms with E-state index < -0.39 is 0 Å². The van der Waals surface area contributed by atoms with Gasteiger partial charge in [0.2, 0.25) is 17.7 Å². The van der Waals surface area contributed by atoms with Gasteiger partial charge in [-0.2, -0.15) is 5.26 Å². The Morgan fingerprint density at radius 3 is 2.69 bits per heavy atom. The van der Waals surface area contributed by atoms with Crippen LogP contribution in [0.15, 0.2) is 76.5 Å². The number of amides is 1. The Labute approximate surface area is 192 Å². The predicted octanol–water partition coefficient (Wildman–Crippen LogP) is 5.18. The van der Waals surface area contributed by atoms with Crippen molar-refractivity contribution in [2.75, 3.05) is 11.1 Å². The molecular formula is C22H14ClN5O3S. The van der Waals surface area contributed by atoms with Crippen molar-refractivity contribution in [3.05, 3.63) is 77.4 Å². The fourth-order valence-electron chi connectivity index (χ4n) is 2.58. The number of aromatic nitrogens is 3. The molecule has 1 amide bonds. The summed E-state index contributed by atoms with van der Waals surface area (Å²) in [4.78, 5) is 16.4. The van der Waals surface area contributed by atoms with E-state index in [-0.39, 0.29) is 16.9 Å². The van der Waals surface area contributed by atoms with E-state index in [1.54, 1.807) is 60.7 Å². The van der Waals surface area contributed by atoms with E-state index in [0.29, 0.717) is 33.8 Å². The number of nitrogens with zero attached hydrogens (tertiary/aromatic N) is 4. The quantitative estimate of drug-likeness (QED) is 0.373. The highest BCUT2D eigenvalue weighted by atomic mass is 35.5. The highest BCUT2D eigenvalue weighted by molar-refractivity contribution is 7.99. The largest absolute Gasteiger partial charge is 0.438 e. The van der Waals surface area contributed by atoms with Gasteiger partial charge in [0.1, 0.15) is 11.8 Å². The molecule has 8 nitrogen and oxygen atoms in total. The van der Waals surface area contributed by atoms with Crippen molar-refractivity contribution in [3.63, 3.8) is 0 Å². The lowest BCUT2D eigenvalue weighted by molar-refractivity contribution is -0.113. The van der Waals surface area contributed by atoms with Gasteiger partial charge in [-0.3, -0.25) is 4.79 Å². The molecule has 10 heteroatoms. The standard InChI is InChI=1S/C22H14ClN5O3S/c23-16-7-5-14(6-8-16)21-27-28-22(31-21)32-13-19(29)26-17-9-10-20(25-12-17)30-18-4-2-1-3-15(18)11-24/h1-10,12H,13H2,(H,26,29). The summed E-state index contributed by atoms with van der Waals surface area (Å²) in [6.07, 6.45) is 1.47. The molecule has 0 radical (unpaired) electrons. The van der Waals surface area contributed by atoms with Gasteiger partial charge in [-0.1, -0.05) is 35.5 Å². The van der Waals surface area contributed by atoms with Gasteiger partial charge in [-0.05, 0) is 42.5 Å². The number of ether oxygens (including phenoxy) is 1. The number of pyridine rings is 1. The van der Waals surface area contributed by atoms with Crippen molar-refractivity contribution in [1.82, 2.24) is 15.2 Å². The molecular weight excluding hydrogens is 450 g/mol. The molecule has 32 heavy (non-hydrogen) atoms. The molecule has 0 aliphatic heterocycles. The number of carbonyl (C=O) groups excluding carboxylic acids is 1. The molecule has 4 aromatic rings. The fraction of sp³-hybridized carbons (Fsp3) is 0.0455. The van der Waals surface area contributed by atoms with E-state index >= 15 is 0 Å². The molecule has 2 heterocycles. The second-order valence-corrected chi connectivity index (χ2v) is 7.68. The minimum atomic E-state index is -0.258. The van der Waals surface area contributed by atoms with Crippen LogP contribution in [0.5, 0.6) is 11.6 Å². The number of hydrogen-bond acceptors (Lipinski definition) is 8. The molecule has 2 aromatic carbocycles. The SMILES string of the molecule is N#Cc1ccccc1Oc1ccc(NC(=O)CSc2nnc(-c3ccc(Cl)cc3)o2)cn1. The number of hydrogen-bond donors (Lipinski definition) is 1. The number of anilines is 1. The molecule has 158 valence electrons. The first-order valence-corrected chi connectivity index (χ1v) is 10.6. The Hall–Kier alpha value is -3.87. The van der Waals surface area contributed by atoms with Gasteiger partial charge in [0.05, 0.1) is 23.2 Å². The van der Waals surface area contributed by atoms with E-state index in [1.807, 2.05) is 0 Å². The Morgan fingerprint density at radius 1 is 1.12 bits per heavy atom. The predicted molar refractivity (Wildman–Crippen MR) is 120 cm³/mol. The monoisotopic (exact) mass is 463 g/mol. The van der Waals surface area contributed by atoms with Crippen molar-refractivity contribution in [2.24, 2.45) is 0 Å². The number of para-hydroxylation sites is 1. The van der Waals surface area contributed by atoms with Crippen molar-refractivity contribution in [3.8, 4) is 29.2 Å². The third kappa shape index (κ3) is 5.43. The van der Waals surface area contributed by atoms with Gasteiger partial charge in [0.15, 0.2) is 0 Å². The van der Waals surface area contributed by atoms with Crippen LogP contribution in [-0.4, -0.2) is 26.8 Å². The minimum Gasteiger partial charge on any atom is -0.438 e. The highest BCUT2D eigenvalue weighted by Crippen LogP contribution is 2.25. The fourth-order valence-corrected chi connectivity index (χ4v) is 3.27. The first kappa shape index (κ1) is 21.4. The summed E-state index contributed by atoms with van der Waals surface area (Å²) >= 11 is 7.00. The minimum absolute atomic E-state index is 0.0794. The van der Waals surface area contributed by atoms with Crippen LogP contribution in [0, 0.1) is 11.3 Å². The maximum Gasteiger partial charge on any atom is 0.277 e. The molecule has 0 saturated carbocycles. The van der Waals surface area contributed by atoms with E-state index in [2.05, 4.69) is 26.6 Å². The number of rotatable bonds is 7. The molecule has 0 unspecified atom stereocenters. The molecule has 0 atom stereocenters. The Kier molecular flexibility index (Phi) is 6.65. The zero-order valence-electron chi connectivity index (χ0n) is 16.4. The molecule has 0 aliphatic carbocycles. The summed E-state index contributed by atoms with van der Waals surface area (Å²) in [6, 6.07) is 19.2. The van der Waals surface area contributed by atoms with Gasteiger partial charge in [0.25, 0.3) is 5.22 Å². The van der Waals surface area contributed by atoms with Gasteiger partial charge < -0.3 is 14.5 Å². The molecule has 2 aromatic heterocycles. The van der Waals surface area contributed by atoms with Crippen LogP contribution in [0.2, 0.25) is 5.02 Å². The van der Waals surface area contributed by atoms with Crippen LogP contribution < -0.4 is 10.1 Å². The first-order chi connectivity index (χ1) is 15.6. The Morgan fingerprint density at radius 2 is 1.94 bits per heavy atom. The second kappa shape index (κ2) is 9.96. The van der Waals surface area contributed by atoms with Gasteiger partial charge >= 0.3 is 0 Å².